The zero-order chi connectivity index (χ0) is 14.7. The van der Waals surface area contributed by atoms with Gasteiger partial charge in [-0.25, -0.2) is 0 Å². The standard InChI is InChI=1S/C14H9BrCl2O2S/c15-10-3-1-9(2-4-10)13(18)8-20(19)14-7-11(16)5-6-12(14)17/h1-7H,8H2. The summed E-state index contributed by atoms with van der Waals surface area (Å²) >= 11 is 15.1. The predicted molar refractivity (Wildman–Crippen MR) is 86.2 cm³/mol. The molecular weight excluding hydrogens is 383 g/mol. The van der Waals surface area contributed by atoms with Gasteiger partial charge < -0.3 is 0 Å². The van der Waals surface area contributed by atoms with Crippen molar-refractivity contribution < 1.29 is 9.00 Å². The summed E-state index contributed by atoms with van der Waals surface area (Å²) < 4.78 is 13.1. The fourth-order valence-electron chi connectivity index (χ4n) is 1.57. The van der Waals surface area contributed by atoms with E-state index in [1.165, 1.54) is 6.07 Å². The molecule has 1 atom stereocenters. The lowest BCUT2D eigenvalue weighted by Gasteiger charge is -2.05. The third-order valence-electron chi connectivity index (χ3n) is 2.57. The molecule has 2 aromatic carbocycles. The van der Waals surface area contributed by atoms with E-state index in [1.807, 2.05) is 0 Å². The van der Waals surface area contributed by atoms with Crippen molar-refractivity contribution >= 4 is 55.7 Å². The molecule has 0 aromatic heterocycles. The van der Waals surface area contributed by atoms with Crippen LogP contribution in [-0.2, 0) is 10.8 Å². The minimum atomic E-state index is -1.52. The maximum atomic E-state index is 12.2. The number of rotatable bonds is 4. The number of hydrogen-bond acceptors (Lipinski definition) is 2. The molecule has 0 spiro atoms. The number of carbonyl (C=O) groups excluding carboxylic acids is 1. The van der Waals surface area contributed by atoms with E-state index < -0.39 is 10.8 Å². The van der Waals surface area contributed by atoms with Crippen LogP contribution in [0.5, 0.6) is 0 Å². The molecule has 0 aliphatic carbocycles. The van der Waals surface area contributed by atoms with Gasteiger partial charge in [-0.05, 0) is 30.3 Å². The monoisotopic (exact) mass is 390 g/mol. The van der Waals surface area contributed by atoms with Crippen molar-refractivity contribution in [3.8, 4) is 0 Å². The lowest BCUT2D eigenvalue weighted by molar-refractivity contribution is 0.102. The van der Waals surface area contributed by atoms with Gasteiger partial charge in [0.05, 0.1) is 26.5 Å². The first-order valence-electron chi connectivity index (χ1n) is 5.59. The molecule has 0 bridgehead atoms. The van der Waals surface area contributed by atoms with Crippen LogP contribution in [0.3, 0.4) is 0 Å². The quantitative estimate of drug-likeness (QED) is 0.705. The number of halogens is 3. The molecule has 0 fully saturated rings. The van der Waals surface area contributed by atoms with E-state index in [2.05, 4.69) is 15.9 Å². The molecule has 20 heavy (non-hydrogen) atoms. The first kappa shape index (κ1) is 15.7. The molecule has 0 N–H and O–H groups in total. The van der Waals surface area contributed by atoms with E-state index >= 15 is 0 Å². The molecule has 2 nitrogen and oxygen atoms in total. The van der Waals surface area contributed by atoms with Gasteiger partial charge in [0.1, 0.15) is 0 Å². The van der Waals surface area contributed by atoms with Gasteiger partial charge in [-0.3, -0.25) is 9.00 Å². The van der Waals surface area contributed by atoms with Crippen LogP contribution in [0.2, 0.25) is 10.0 Å². The number of hydrogen-bond donors (Lipinski definition) is 0. The molecular formula is C14H9BrCl2O2S. The summed E-state index contributed by atoms with van der Waals surface area (Å²) in [6, 6.07) is 11.6. The molecule has 0 aliphatic heterocycles. The van der Waals surface area contributed by atoms with Crippen LogP contribution in [0.4, 0.5) is 0 Å². The normalized spacial score (nSPS) is 12.2. The molecule has 0 saturated heterocycles. The van der Waals surface area contributed by atoms with Crippen LogP contribution < -0.4 is 0 Å². The molecule has 0 aliphatic rings. The SMILES string of the molecule is O=C(CS(=O)c1cc(Cl)ccc1Cl)c1ccc(Br)cc1. The Morgan fingerprint density at radius 3 is 2.40 bits per heavy atom. The second-order valence-corrected chi connectivity index (χ2v) is 7.17. The summed E-state index contributed by atoms with van der Waals surface area (Å²) in [4.78, 5) is 12.4. The minimum Gasteiger partial charge on any atom is -0.293 e. The molecule has 2 aromatic rings. The van der Waals surface area contributed by atoms with Gasteiger partial charge in [0.15, 0.2) is 5.78 Å². The topological polar surface area (TPSA) is 34.1 Å². The van der Waals surface area contributed by atoms with Crippen molar-refractivity contribution in [2.45, 2.75) is 4.90 Å². The number of benzene rings is 2. The largest absolute Gasteiger partial charge is 0.293 e. The Balaban J connectivity index is 2.17. The fourth-order valence-corrected chi connectivity index (χ4v) is 3.55. The highest BCUT2D eigenvalue weighted by Gasteiger charge is 2.15. The maximum absolute atomic E-state index is 12.2. The number of Topliss-reactive ketones (excluding diaryl/α,β-unsaturated/α-hetero) is 1. The molecule has 0 heterocycles. The highest BCUT2D eigenvalue weighted by Crippen LogP contribution is 2.24. The summed E-state index contributed by atoms with van der Waals surface area (Å²) in [6.07, 6.45) is 0. The van der Waals surface area contributed by atoms with E-state index in [0.717, 1.165) is 4.47 Å². The summed E-state index contributed by atoms with van der Waals surface area (Å²) in [5.74, 6) is -0.325. The van der Waals surface area contributed by atoms with E-state index in [9.17, 15) is 9.00 Å². The Hall–Kier alpha value is -0.680. The van der Waals surface area contributed by atoms with Crippen molar-refractivity contribution in [3.05, 3.63) is 62.5 Å². The Morgan fingerprint density at radius 1 is 1.10 bits per heavy atom. The fraction of sp³-hybridized carbons (Fsp3) is 0.0714. The lowest BCUT2D eigenvalue weighted by Crippen LogP contribution is -2.11. The van der Waals surface area contributed by atoms with E-state index in [0.29, 0.717) is 20.5 Å². The van der Waals surface area contributed by atoms with Crippen LogP contribution in [0.15, 0.2) is 51.8 Å². The van der Waals surface area contributed by atoms with Crippen molar-refractivity contribution in [2.24, 2.45) is 0 Å². The van der Waals surface area contributed by atoms with E-state index in [1.54, 1.807) is 36.4 Å². The lowest BCUT2D eigenvalue weighted by atomic mass is 10.2. The zero-order valence-corrected chi connectivity index (χ0v) is 14.0. The van der Waals surface area contributed by atoms with Crippen LogP contribution in [0, 0.1) is 0 Å². The highest BCUT2D eigenvalue weighted by atomic mass is 79.9. The van der Waals surface area contributed by atoms with Crippen molar-refractivity contribution in [3.63, 3.8) is 0 Å². The third-order valence-corrected chi connectivity index (χ3v) is 5.13. The summed E-state index contributed by atoms with van der Waals surface area (Å²) in [5, 5.41) is 0.783. The van der Waals surface area contributed by atoms with Gasteiger partial charge in [0, 0.05) is 15.1 Å². The van der Waals surface area contributed by atoms with E-state index in [-0.39, 0.29) is 11.5 Å². The third kappa shape index (κ3) is 3.92. The summed E-state index contributed by atoms with van der Waals surface area (Å²) in [7, 11) is -1.52. The van der Waals surface area contributed by atoms with Gasteiger partial charge in [-0.1, -0.05) is 51.3 Å². The molecule has 104 valence electrons. The molecule has 2 rings (SSSR count). The minimum absolute atomic E-state index is 0.123. The second-order valence-electron chi connectivity index (χ2n) is 3.99. The van der Waals surface area contributed by atoms with Crippen LogP contribution in [-0.4, -0.2) is 15.7 Å². The van der Waals surface area contributed by atoms with Crippen LogP contribution in [0.25, 0.3) is 0 Å². The molecule has 0 radical (unpaired) electrons. The molecule has 6 heteroatoms. The number of ketones is 1. The Bertz CT molecular complexity index is 671. The maximum Gasteiger partial charge on any atom is 0.175 e. The first-order valence-corrected chi connectivity index (χ1v) is 8.46. The zero-order valence-electron chi connectivity index (χ0n) is 10.1. The van der Waals surface area contributed by atoms with Gasteiger partial charge in [0.25, 0.3) is 0 Å². The average molecular weight is 392 g/mol. The molecule has 0 amide bonds. The Labute approximate surface area is 137 Å². The van der Waals surface area contributed by atoms with Crippen molar-refractivity contribution in [1.82, 2.24) is 0 Å². The first-order chi connectivity index (χ1) is 9.47. The van der Waals surface area contributed by atoms with Crippen LogP contribution >= 0.6 is 39.1 Å². The summed E-state index contributed by atoms with van der Waals surface area (Å²) in [5.41, 5.74) is 0.514. The Kier molecular flexibility index (Phi) is 5.38. The predicted octanol–water partition coefficient (Wildman–Crippen LogP) is 4.75. The molecule has 0 saturated carbocycles. The van der Waals surface area contributed by atoms with Gasteiger partial charge in [0.2, 0.25) is 0 Å². The van der Waals surface area contributed by atoms with Gasteiger partial charge in [-0.2, -0.15) is 0 Å². The smallest absolute Gasteiger partial charge is 0.175 e. The highest BCUT2D eigenvalue weighted by molar-refractivity contribution is 9.10. The van der Waals surface area contributed by atoms with Crippen molar-refractivity contribution in [2.75, 3.05) is 5.75 Å². The van der Waals surface area contributed by atoms with Gasteiger partial charge >= 0.3 is 0 Å². The van der Waals surface area contributed by atoms with E-state index in [4.69, 9.17) is 23.2 Å². The van der Waals surface area contributed by atoms with Crippen molar-refractivity contribution in [1.29, 1.82) is 0 Å². The number of carbonyl (C=O) groups is 1. The second kappa shape index (κ2) is 6.85. The van der Waals surface area contributed by atoms with Crippen LogP contribution in [0.1, 0.15) is 10.4 Å². The average Bonchev–Trinajstić information content (AvgIpc) is 2.42. The summed E-state index contributed by atoms with van der Waals surface area (Å²) in [6.45, 7) is 0. The van der Waals surface area contributed by atoms with Gasteiger partial charge in [-0.15, -0.1) is 0 Å². The molecule has 1 unspecified atom stereocenters. The Morgan fingerprint density at radius 2 is 1.75 bits per heavy atom.